The molecule has 5 rings (SSSR count). The molecule has 0 unspecified atom stereocenters. The lowest BCUT2D eigenvalue weighted by Gasteiger charge is -2.11. The van der Waals surface area contributed by atoms with Gasteiger partial charge in [0.05, 0.1) is 17.3 Å². The first-order chi connectivity index (χ1) is 15.0. The van der Waals surface area contributed by atoms with Gasteiger partial charge in [0.15, 0.2) is 5.82 Å². The molecule has 0 saturated heterocycles. The summed E-state index contributed by atoms with van der Waals surface area (Å²) in [4.78, 5) is 6.22. The van der Waals surface area contributed by atoms with E-state index in [1.807, 2.05) is 37.3 Å². The van der Waals surface area contributed by atoms with Crippen LogP contribution in [0.1, 0.15) is 38.8 Å². The first-order valence-corrected chi connectivity index (χ1v) is 10.8. The Labute approximate surface area is 184 Å². The van der Waals surface area contributed by atoms with Gasteiger partial charge in [-0.05, 0) is 56.7 Å². The molecule has 0 spiro atoms. The number of hydrogen-bond acceptors (Lipinski definition) is 6. The van der Waals surface area contributed by atoms with Gasteiger partial charge in [-0.3, -0.25) is 9.56 Å². The zero-order chi connectivity index (χ0) is 21.5. The number of thiophene rings is 1. The lowest BCUT2D eigenvalue weighted by molar-refractivity contribution is 0.869. The summed E-state index contributed by atoms with van der Waals surface area (Å²) in [7, 11) is 0. The highest BCUT2D eigenvalue weighted by molar-refractivity contribution is 7.15. The van der Waals surface area contributed by atoms with E-state index in [0.717, 1.165) is 44.9 Å². The molecule has 0 fully saturated rings. The zero-order valence-corrected chi connectivity index (χ0v) is 18.3. The molecule has 1 aliphatic rings. The molecular weight excluding hydrogens is 404 g/mol. The van der Waals surface area contributed by atoms with E-state index in [2.05, 4.69) is 52.1 Å². The maximum atomic E-state index is 9.10. The molecule has 0 radical (unpaired) electrons. The average molecular weight is 425 g/mol. The zero-order valence-electron chi connectivity index (χ0n) is 17.5. The Kier molecular flexibility index (Phi) is 4.64. The molecule has 3 heterocycles. The van der Waals surface area contributed by atoms with E-state index in [-0.39, 0.29) is 0 Å². The number of benzene rings is 2. The second-order valence-corrected chi connectivity index (χ2v) is 8.73. The highest BCUT2D eigenvalue weighted by atomic mass is 32.1. The van der Waals surface area contributed by atoms with Crippen molar-refractivity contribution in [3.8, 4) is 11.1 Å². The van der Waals surface area contributed by atoms with Crippen LogP contribution in [0.25, 0.3) is 5.00 Å². The third kappa shape index (κ3) is 3.31. The van der Waals surface area contributed by atoms with E-state index in [1.165, 1.54) is 10.4 Å². The molecule has 0 saturated carbocycles. The third-order valence-electron chi connectivity index (χ3n) is 5.52. The Morgan fingerprint density at radius 3 is 2.61 bits per heavy atom. The van der Waals surface area contributed by atoms with Crippen LogP contribution in [0.2, 0.25) is 0 Å². The van der Waals surface area contributed by atoms with Gasteiger partial charge in [0.25, 0.3) is 0 Å². The third-order valence-corrected chi connectivity index (χ3v) is 6.71. The van der Waals surface area contributed by atoms with Gasteiger partial charge in [0.2, 0.25) is 0 Å². The molecular formula is C24H20N6S. The van der Waals surface area contributed by atoms with Gasteiger partial charge in [-0.15, -0.1) is 21.5 Å². The maximum absolute atomic E-state index is 9.10. The summed E-state index contributed by atoms with van der Waals surface area (Å²) in [6.45, 7) is 6.78. The van der Waals surface area contributed by atoms with Crippen molar-refractivity contribution >= 4 is 28.4 Å². The van der Waals surface area contributed by atoms with Gasteiger partial charge in [-0.1, -0.05) is 18.2 Å². The number of nitrogens with one attached hydrogen (secondary N) is 1. The Hall–Kier alpha value is -3.76. The van der Waals surface area contributed by atoms with Crippen LogP contribution in [0.15, 0.2) is 53.5 Å². The summed E-state index contributed by atoms with van der Waals surface area (Å²) in [6, 6.07) is 17.9. The van der Waals surface area contributed by atoms with Crippen LogP contribution in [0.5, 0.6) is 0 Å². The van der Waals surface area contributed by atoms with Crippen LogP contribution in [0.3, 0.4) is 0 Å². The Bertz CT molecular complexity index is 1370. The fourth-order valence-electron chi connectivity index (χ4n) is 3.83. The van der Waals surface area contributed by atoms with Crippen molar-refractivity contribution in [2.45, 2.75) is 27.3 Å². The van der Waals surface area contributed by atoms with Crippen molar-refractivity contribution in [3.05, 3.63) is 87.3 Å². The van der Waals surface area contributed by atoms with E-state index in [1.54, 1.807) is 17.4 Å². The second-order valence-electron chi connectivity index (χ2n) is 7.52. The first-order valence-electron chi connectivity index (χ1n) is 9.99. The predicted octanol–water partition coefficient (Wildman–Crippen LogP) is 5.22. The minimum absolute atomic E-state index is 0.497. The van der Waals surface area contributed by atoms with Gasteiger partial charge in [0, 0.05) is 27.4 Å². The summed E-state index contributed by atoms with van der Waals surface area (Å²) in [5, 5.41) is 22.2. The number of anilines is 2. The molecule has 7 heteroatoms. The number of nitrogens with zero attached hydrogens (tertiary/aromatic N) is 5. The van der Waals surface area contributed by atoms with Crippen molar-refractivity contribution < 1.29 is 0 Å². The molecule has 31 heavy (non-hydrogen) atoms. The summed E-state index contributed by atoms with van der Waals surface area (Å²) < 4.78 is 2.13. The molecule has 0 bridgehead atoms. The van der Waals surface area contributed by atoms with Gasteiger partial charge >= 0.3 is 0 Å². The van der Waals surface area contributed by atoms with E-state index in [9.17, 15) is 0 Å². The monoisotopic (exact) mass is 424 g/mol. The average Bonchev–Trinajstić information content (AvgIpc) is 3.23. The van der Waals surface area contributed by atoms with Crippen LogP contribution in [0.4, 0.5) is 11.4 Å². The van der Waals surface area contributed by atoms with Crippen molar-refractivity contribution in [1.82, 2.24) is 14.8 Å². The summed E-state index contributed by atoms with van der Waals surface area (Å²) in [6.07, 6.45) is 0. The molecule has 6 nitrogen and oxygen atoms in total. The summed E-state index contributed by atoms with van der Waals surface area (Å²) >= 11 is 1.76. The lowest BCUT2D eigenvalue weighted by Crippen LogP contribution is -2.07. The number of aliphatic imine (C=N–C) groups is 1. The highest BCUT2D eigenvalue weighted by Crippen LogP contribution is 2.36. The van der Waals surface area contributed by atoms with Crippen LogP contribution >= 0.6 is 11.3 Å². The number of fused-ring (bicyclic) bond motifs is 3. The lowest BCUT2D eigenvalue weighted by atomic mass is 9.99. The number of aryl methyl sites for hydroxylation is 2. The molecule has 2 aromatic carbocycles. The van der Waals surface area contributed by atoms with Gasteiger partial charge in [-0.25, -0.2) is 0 Å². The van der Waals surface area contributed by atoms with Gasteiger partial charge < -0.3 is 5.32 Å². The number of aromatic nitrogens is 3. The first kappa shape index (κ1) is 19.2. The van der Waals surface area contributed by atoms with Crippen molar-refractivity contribution in [1.29, 1.82) is 5.26 Å². The van der Waals surface area contributed by atoms with E-state index < -0.39 is 0 Å². The largest absolute Gasteiger partial charge is 0.355 e. The molecule has 0 atom stereocenters. The highest BCUT2D eigenvalue weighted by Gasteiger charge is 2.26. The van der Waals surface area contributed by atoms with Gasteiger partial charge in [0.1, 0.15) is 17.4 Å². The van der Waals surface area contributed by atoms with E-state index in [4.69, 9.17) is 10.3 Å². The SMILES string of the molecule is Cc1sc2c(c1C)C(c1ccc(Nc3cccc(C#N)c3)cc1)=NCc1nnc(C)n1-2. The standard InChI is InChI=1S/C24H20N6S/c1-14-15(2)31-24-22(14)23(26-13-21-29-28-16(3)30(21)24)18-7-9-19(10-8-18)27-20-6-4-5-17(11-20)12-25/h4-11,27H,13H2,1-3H3. The summed E-state index contributed by atoms with van der Waals surface area (Å²) in [5.41, 5.74) is 6.93. The second kappa shape index (κ2) is 7.49. The molecule has 152 valence electrons. The Balaban J connectivity index is 1.52. The number of nitriles is 1. The van der Waals surface area contributed by atoms with Gasteiger partial charge in [-0.2, -0.15) is 5.26 Å². The molecule has 0 amide bonds. The van der Waals surface area contributed by atoms with Crippen molar-refractivity contribution in [2.24, 2.45) is 4.99 Å². The smallest absolute Gasteiger partial charge is 0.160 e. The fraction of sp³-hybridized carbons (Fsp3) is 0.167. The minimum atomic E-state index is 0.497. The van der Waals surface area contributed by atoms with Crippen LogP contribution in [0, 0.1) is 32.1 Å². The summed E-state index contributed by atoms with van der Waals surface area (Å²) in [5.74, 6) is 1.75. The molecule has 4 aromatic rings. The molecule has 1 N–H and O–H groups in total. The quantitative estimate of drug-likeness (QED) is 0.489. The minimum Gasteiger partial charge on any atom is -0.355 e. The number of rotatable bonds is 3. The Morgan fingerprint density at radius 2 is 1.84 bits per heavy atom. The maximum Gasteiger partial charge on any atom is 0.160 e. The molecule has 1 aliphatic heterocycles. The number of hydrogen-bond donors (Lipinski definition) is 1. The fourth-order valence-corrected chi connectivity index (χ4v) is 5.05. The topological polar surface area (TPSA) is 78.9 Å². The van der Waals surface area contributed by atoms with Crippen LogP contribution in [-0.4, -0.2) is 20.5 Å². The van der Waals surface area contributed by atoms with E-state index in [0.29, 0.717) is 12.1 Å². The van der Waals surface area contributed by atoms with Crippen molar-refractivity contribution in [3.63, 3.8) is 0 Å². The van der Waals surface area contributed by atoms with Crippen LogP contribution < -0.4 is 5.32 Å². The van der Waals surface area contributed by atoms with Crippen LogP contribution in [-0.2, 0) is 6.54 Å². The predicted molar refractivity (Wildman–Crippen MR) is 124 cm³/mol. The normalized spacial score (nSPS) is 12.4. The Morgan fingerprint density at radius 1 is 1.03 bits per heavy atom. The van der Waals surface area contributed by atoms with Crippen molar-refractivity contribution in [2.75, 3.05) is 5.32 Å². The van der Waals surface area contributed by atoms with E-state index >= 15 is 0 Å². The molecule has 2 aromatic heterocycles. The molecule has 0 aliphatic carbocycles.